The predicted octanol–water partition coefficient (Wildman–Crippen LogP) is 3.25. The minimum Gasteiger partial charge on any atom is -0.455 e. The molecule has 4 heteroatoms. The second-order valence-electron chi connectivity index (χ2n) is 9.52. The molecule has 5 rings (SSSR count). The van der Waals surface area contributed by atoms with Crippen molar-refractivity contribution in [3.8, 4) is 0 Å². The zero-order chi connectivity index (χ0) is 16.9. The van der Waals surface area contributed by atoms with Gasteiger partial charge >= 0.3 is 5.97 Å². The molecule has 0 N–H and O–H groups in total. The van der Waals surface area contributed by atoms with E-state index in [2.05, 4.69) is 13.8 Å². The summed E-state index contributed by atoms with van der Waals surface area (Å²) in [6.45, 7) is 5.94. The molecule has 4 nitrogen and oxygen atoms in total. The maximum Gasteiger partial charge on any atom is 0.312 e. The molecule has 1 amide bonds. The van der Waals surface area contributed by atoms with Crippen LogP contribution in [0.4, 0.5) is 0 Å². The van der Waals surface area contributed by atoms with Gasteiger partial charge in [0.1, 0.15) is 0 Å². The van der Waals surface area contributed by atoms with E-state index in [-0.39, 0.29) is 23.9 Å². The number of amides is 1. The third-order valence-corrected chi connectivity index (χ3v) is 7.02. The molecule has 1 saturated heterocycles. The lowest BCUT2D eigenvalue weighted by Crippen LogP contribution is -2.51. The molecule has 1 aliphatic heterocycles. The number of ether oxygens (including phenoxy) is 1. The smallest absolute Gasteiger partial charge is 0.312 e. The van der Waals surface area contributed by atoms with Crippen LogP contribution in [-0.2, 0) is 14.3 Å². The molecular formula is C20H31NO3. The van der Waals surface area contributed by atoms with E-state index in [1.54, 1.807) is 0 Å². The molecule has 2 atom stereocenters. The summed E-state index contributed by atoms with van der Waals surface area (Å²) in [4.78, 5) is 27.2. The Labute approximate surface area is 145 Å². The molecule has 4 bridgehead atoms. The van der Waals surface area contributed by atoms with Gasteiger partial charge in [0.2, 0.25) is 0 Å². The highest BCUT2D eigenvalue weighted by Crippen LogP contribution is 2.60. The van der Waals surface area contributed by atoms with Crippen LogP contribution in [0.25, 0.3) is 0 Å². The molecule has 0 aromatic heterocycles. The standard InChI is InChI=1S/C20H31NO3/c1-13-3-14(2)11-21(10-13)18(22)12-24-19(23)20-7-15-4-16(8-20)6-17(5-15)9-20/h13-17H,3-12H2,1-2H3. The zero-order valence-electron chi connectivity index (χ0n) is 15.1. The van der Waals surface area contributed by atoms with Gasteiger partial charge in [-0.05, 0) is 74.5 Å². The van der Waals surface area contributed by atoms with Crippen molar-refractivity contribution < 1.29 is 14.3 Å². The van der Waals surface area contributed by atoms with Crippen LogP contribution in [0.5, 0.6) is 0 Å². The summed E-state index contributed by atoms with van der Waals surface area (Å²) in [5.74, 6) is 3.17. The highest BCUT2D eigenvalue weighted by molar-refractivity contribution is 5.83. The second-order valence-corrected chi connectivity index (χ2v) is 9.52. The predicted molar refractivity (Wildman–Crippen MR) is 91.1 cm³/mol. The van der Waals surface area contributed by atoms with E-state index in [4.69, 9.17) is 4.74 Å². The third-order valence-electron chi connectivity index (χ3n) is 7.02. The molecule has 0 spiro atoms. The summed E-state index contributed by atoms with van der Waals surface area (Å²) in [7, 11) is 0. The van der Waals surface area contributed by atoms with Crippen molar-refractivity contribution in [3.05, 3.63) is 0 Å². The Hall–Kier alpha value is -1.06. The Morgan fingerprint density at radius 1 is 0.917 bits per heavy atom. The first-order valence-electron chi connectivity index (χ1n) is 9.88. The minimum atomic E-state index is -0.252. The molecule has 0 radical (unpaired) electrons. The van der Waals surface area contributed by atoms with Crippen molar-refractivity contribution >= 4 is 11.9 Å². The van der Waals surface area contributed by atoms with Gasteiger partial charge in [-0.3, -0.25) is 9.59 Å². The van der Waals surface area contributed by atoms with Gasteiger partial charge in [-0.1, -0.05) is 13.8 Å². The van der Waals surface area contributed by atoms with E-state index in [1.165, 1.54) is 25.7 Å². The Kier molecular flexibility index (Phi) is 4.12. The number of rotatable bonds is 3. The Balaban J connectivity index is 1.34. The summed E-state index contributed by atoms with van der Waals surface area (Å²) in [5.41, 5.74) is -0.252. The van der Waals surface area contributed by atoms with Crippen LogP contribution in [0, 0.1) is 35.0 Å². The quantitative estimate of drug-likeness (QED) is 0.745. The number of hydrogen-bond acceptors (Lipinski definition) is 3. The molecule has 0 aromatic carbocycles. The molecule has 4 saturated carbocycles. The first-order valence-corrected chi connectivity index (χ1v) is 9.88. The van der Waals surface area contributed by atoms with Gasteiger partial charge in [0, 0.05) is 13.1 Å². The van der Waals surface area contributed by atoms with Crippen LogP contribution in [0.15, 0.2) is 0 Å². The molecule has 134 valence electrons. The van der Waals surface area contributed by atoms with Gasteiger partial charge in [0.25, 0.3) is 5.91 Å². The van der Waals surface area contributed by atoms with E-state index in [9.17, 15) is 9.59 Å². The number of likely N-dealkylation sites (tertiary alicyclic amines) is 1. The van der Waals surface area contributed by atoms with Crippen LogP contribution in [-0.4, -0.2) is 36.5 Å². The summed E-state index contributed by atoms with van der Waals surface area (Å²) in [6, 6.07) is 0. The lowest BCUT2D eigenvalue weighted by Gasteiger charge is -2.55. The monoisotopic (exact) mass is 333 g/mol. The molecule has 5 fully saturated rings. The fourth-order valence-electron chi connectivity index (χ4n) is 6.60. The molecule has 2 unspecified atom stereocenters. The van der Waals surface area contributed by atoms with Crippen LogP contribution >= 0.6 is 0 Å². The summed E-state index contributed by atoms with van der Waals surface area (Å²) >= 11 is 0. The molecule has 5 aliphatic rings. The topological polar surface area (TPSA) is 46.6 Å². The molecule has 4 aliphatic carbocycles. The van der Waals surface area contributed by atoms with Gasteiger partial charge in [-0.2, -0.15) is 0 Å². The highest BCUT2D eigenvalue weighted by Gasteiger charge is 2.55. The zero-order valence-corrected chi connectivity index (χ0v) is 15.1. The lowest BCUT2D eigenvalue weighted by atomic mass is 9.49. The van der Waals surface area contributed by atoms with E-state index in [1.807, 2.05) is 4.90 Å². The summed E-state index contributed by atoms with van der Waals surface area (Å²) in [5, 5.41) is 0. The molecule has 1 heterocycles. The van der Waals surface area contributed by atoms with Crippen molar-refractivity contribution in [1.29, 1.82) is 0 Å². The van der Waals surface area contributed by atoms with Crippen molar-refractivity contribution in [1.82, 2.24) is 4.90 Å². The van der Waals surface area contributed by atoms with E-state index < -0.39 is 0 Å². The largest absolute Gasteiger partial charge is 0.455 e. The van der Waals surface area contributed by atoms with Crippen molar-refractivity contribution in [2.24, 2.45) is 35.0 Å². The summed E-state index contributed by atoms with van der Waals surface area (Å²) in [6.07, 6.45) is 8.13. The summed E-state index contributed by atoms with van der Waals surface area (Å²) < 4.78 is 5.58. The lowest BCUT2D eigenvalue weighted by molar-refractivity contribution is -0.174. The number of carbonyl (C=O) groups is 2. The SMILES string of the molecule is CC1CC(C)CN(C(=O)COC(=O)C23CC4CC(CC(C4)C2)C3)C1. The van der Waals surface area contributed by atoms with Crippen LogP contribution in [0.1, 0.15) is 58.8 Å². The van der Waals surface area contributed by atoms with Crippen molar-refractivity contribution in [3.63, 3.8) is 0 Å². The maximum atomic E-state index is 12.8. The highest BCUT2D eigenvalue weighted by atomic mass is 16.5. The van der Waals surface area contributed by atoms with E-state index in [0.717, 1.165) is 50.1 Å². The average molecular weight is 333 g/mol. The molecule has 24 heavy (non-hydrogen) atoms. The van der Waals surface area contributed by atoms with E-state index >= 15 is 0 Å². The second kappa shape index (κ2) is 6.03. The fraction of sp³-hybridized carbons (Fsp3) is 0.900. The van der Waals surface area contributed by atoms with Crippen molar-refractivity contribution in [2.45, 2.75) is 58.8 Å². The molecule has 0 aromatic rings. The normalized spacial score (nSPS) is 43.8. The van der Waals surface area contributed by atoms with E-state index in [0.29, 0.717) is 11.8 Å². The van der Waals surface area contributed by atoms with Gasteiger partial charge in [0.05, 0.1) is 5.41 Å². The van der Waals surface area contributed by atoms with Gasteiger partial charge in [-0.25, -0.2) is 0 Å². The number of piperidine rings is 1. The first-order chi connectivity index (χ1) is 11.4. The number of carbonyl (C=O) groups excluding carboxylic acids is 2. The third kappa shape index (κ3) is 2.97. The number of hydrogen-bond donors (Lipinski definition) is 0. The van der Waals surface area contributed by atoms with Crippen LogP contribution < -0.4 is 0 Å². The van der Waals surface area contributed by atoms with Crippen molar-refractivity contribution in [2.75, 3.05) is 19.7 Å². The van der Waals surface area contributed by atoms with Crippen LogP contribution in [0.3, 0.4) is 0 Å². The average Bonchev–Trinajstić information content (AvgIpc) is 2.50. The Morgan fingerprint density at radius 3 is 1.92 bits per heavy atom. The minimum absolute atomic E-state index is 0.00789. The van der Waals surface area contributed by atoms with Gasteiger partial charge in [0.15, 0.2) is 6.61 Å². The maximum absolute atomic E-state index is 12.8. The number of nitrogens with zero attached hydrogens (tertiary/aromatic N) is 1. The molecular weight excluding hydrogens is 302 g/mol. The van der Waals surface area contributed by atoms with Crippen LogP contribution in [0.2, 0.25) is 0 Å². The Bertz CT molecular complexity index is 484. The first kappa shape index (κ1) is 16.4. The Morgan fingerprint density at radius 2 is 1.42 bits per heavy atom. The van der Waals surface area contributed by atoms with Gasteiger partial charge < -0.3 is 9.64 Å². The number of esters is 1. The van der Waals surface area contributed by atoms with Gasteiger partial charge in [-0.15, -0.1) is 0 Å². The fourth-order valence-corrected chi connectivity index (χ4v) is 6.60.